The number of para-hydroxylation sites is 1. The van der Waals surface area contributed by atoms with Crippen LogP contribution in [0.15, 0.2) is 53.4 Å². The van der Waals surface area contributed by atoms with E-state index in [1.807, 2.05) is 32.0 Å². The van der Waals surface area contributed by atoms with E-state index >= 15 is 0 Å². The number of carbonyl (C=O) groups is 2. The van der Waals surface area contributed by atoms with Gasteiger partial charge in [-0.15, -0.1) is 0 Å². The van der Waals surface area contributed by atoms with E-state index in [0.29, 0.717) is 5.69 Å². The summed E-state index contributed by atoms with van der Waals surface area (Å²) in [6, 6.07) is 12.7. The predicted molar refractivity (Wildman–Crippen MR) is 107 cm³/mol. The van der Waals surface area contributed by atoms with Gasteiger partial charge in [-0.25, -0.2) is 17.9 Å². The Morgan fingerprint density at radius 1 is 1.04 bits per heavy atom. The van der Waals surface area contributed by atoms with Crippen LogP contribution in [0.5, 0.6) is 0 Å². The molecule has 0 atom stereocenters. The third kappa shape index (κ3) is 5.64. The second-order valence-electron chi connectivity index (χ2n) is 6.39. The van der Waals surface area contributed by atoms with Crippen molar-refractivity contribution in [2.24, 2.45) is 0 Å². The van der Waals surface area contributed by atoms with E-state index in [4.69, 9.17) is 4.74 Å². The van der Waals surface area contributed by atoms with E-state index in [1.165, 1.54) is 24.3 Å². The van der Waals surface area contributed by atoms with Crippen LogP contribution in [0.2, 0.25) is 0 Å². The average molecular weight is 404 g/mol. The molecular weight excluding hydrogens is 380 g/mol. The highest BCUT2D eigenvalue weighted by Gasteiger charge is 2.16. The number of carbonyl (C=O) groups excluding carboxylic acids is 2. The zero-order valence-corrected chi connectivity index (χ0v) is 16.9. The van der Waals surface area contributed by atoms with Crippen molar-refractivity contribution in [3.8, 4) is 0 Å². The van der Waals surface area contributed by atoms with Gasteiger partial charge in [0.2, 0.25) is 10.0 Å². The Kier molecular flexibility index (Phi) is 7.31. The molecule has 0 fully saturated rings. The first-order valence-electron chi connectivity index (χ1n) is 8.90. The molecule has 0 aliphatic carbocycles. The number of amides is 1. The molecule has 0 aliphatic rings. The van der Waals surface area contributed by atoms with Crippen LogP contribution >= 0.6 is 0 Å². The molecule has 2 rings (SSSR count). The molecule has 1 amide bonds. The predicted octanol–water partition coefficient (Wildman–Crippen LogP) is 2.90. The Morgan fingerprint density at radius 3 is 2.29 bits per heavy atom. The van der Waals surface area contributed by atoms with Gasteiger partial charge in [0.25, 0.3) is 5.91 Å². The van der Waals surface area contributed by atoms with E-state index in [-0.39, 0.29) is 22.9 Å². The molecule has 28 heavy (non-hydrogen) atoms. The summed E-state index contributed by atoms with van der Waals surface area (Å²) in [6.07, 6.45) is 0. The Balaban J connectivity index is 1.96. The molecule has 0 saturated heterocycles. The van der Waals surface area contributed by atoms with Crippen LogP contribution < -0.4 is 10.0 Å². The highest BCUT2D eigenvalue weighted by atomic mass is 32.2. The standard InChI is InChI=1S/C20H24N2O5S/c1-4-21-28(25,26)16-11-9-15(10-12-16)20(24)27-13-19(23)22-18-8-6-5-7-17(18)14(2)3/h5-12,14,21H,4,13H2,1-3H3,(H,22,23). The molecule has 7 nitrogen and oxygen atoms in total. The topological polar surface area (TPSA) is 102 Å². The third-order valence-corrected chi connectivity index (χ3v) is 5.49. The molecule has 0 aromatic heterocycles. The molecule has 0 aliphatic heterocycles. The van der Waals surface area contributed by atoms with Gasteiger partial charge in [-0.1, -0.05) is 39.0 Å². The Morgan fingerprint density at radius 2 is 1.68 bits per heavy atom. The van der Waals surface area contributed by atoms with Gasteiger partial charge in [0.05, 0.1) is 10.5 Å². The summed E-state index contributed by atoms with van der Waals surface area (Å²) in [4.78, 5) is 24.3. The summed E-state index contributed by atoms with van der Waals surface area (Å²) < 4.78 is 31.2. The first-order chi connectivity index (χ1) is 13.2. The molecule has 0 unspecified atom stereocenters. The number of hydrogen-bond acceptors (Lipinski definition) is 5. The lowest BCUT2D eigenvalue weighted by Crippen LogP contribution is -2.23. The SMILES string of the molecule is CCNS(=O)(=O)c1ccc(C(=O)OCC(=O)Nc2ccccc2C(C)C)cc1. The lowest BCUT2D eigenvalue weighted by atomic mass is 10.0. The number of sulfonamides is 1. The first-order valence-corrected chi connectivity index (χ1v) is 10.4. The van der Waals surface area contributed by atoms with E-state index in [1.54, 1.807) is 13.0 Å². The van der Waals surface area contributed by atoms with Crippen LogP contribution in [0.3, 0.4) is 0 Å². The number of hydrogen-bond donors (Lipinski definition) is 2. The molecule has 2 N–H and O–H groups in total. The van der Waals surface area contributed by atoms with Crippen molar-refractivity contribution in [3.63, 3.8) is 0 Å². The van der Waals surface area contributed by atoms with Crippen molar-refractivity contribution in [2.45, 2.75) is 31.6 Å². The summed E-state index contributed by atoms with van der Waals surface area (Å²) in [5.41, 5.74) is 1.82. The average Bonchev–Trinajstić information content (AvgIpc) is 2.66. The Bertz CT molecular complexity index is 937. The highest BCUT2D eigenvalue weighted by molar-refractivity contribution is 7.89. The summed E-state index contributed by atoms with van der Waals surface area (Å²) in [5, 5.41) is 2.74. The van der Waals surface area contributed by atoms with Gasteiger partial charge in [-0.05, 0) is 41.8 Å². The van der Waals surface area contributed by atoms with Gasteiger partial charge in [-0.2, -0.15) is 0 Å². The Labute approximate surface area is 165 Å². The van der Waals surface area contributed by atoms with E-state index in [9.17, 15) is 18.0 Å². The lowest BCUT2D eigenvalue weighted by Gasteiger charge is -2.13. The van der Waals surface area contributed by atoms with Gasteiger partial charge in [0, 0.05) is 12.2 Å². The molecule has 0 heterocycles. The van der Waals surface area contributed by atoms with Crippen LogP contribution in [0, 0.1) is 0 Å². The van der Waals surface area contributed by atoms with Gasteiger partial charge in [0.15, 0.2) is 6.61 Å². The lowest BCUT2D eigenvalue weighted by molar-refractivity contribution is -0.119. The smallest absolute Gasteiger partial charge is 0.338 e. The van der Waals surface area contributed by atoms with Crippen molar-refractivity contribution in [2.75, 3.05) is 18.5 Å². The fourth-order valence-corrected chi connectivity index (χ4v) is 3.60. The maximum absolute atomic E-state index is 12.1. The number of nitrogens with one attached hydrogen (secondary N) is 2. The van der Waals surface area contributed by atoms with Crippen molar-refractivity contribution in [1.29, 1.82) is 0 Å². The monoisotopic (exact) mass is 404 g/mol. The minimum absolute atomic E-state index is 0.0499. The fraction of sp³-hybridized carbons (Fsp3) is 0.300. The van der Waals surface area contributed by atoms with E-state index in [2.05, 4.69) is 10.0 Å². The van der Waals surface area contributed by atoms with Gasteiger partial charge in [0.1, 0.15) is 0 Å². The first kappa shape index (κ1) is 21.6. The van der Waals surface area contributed by atoms with Crippen molar-refractivity contribution in [3.05, 3.63) is 59.7 Å². The van der Waals surface area contributed by atoms with E-state index in [0.717, 1.165) is 5.56 Å². The summed E-state index contributed by atoms with van der Waals surface area (Å²) >= 11 is 0. The highest BCUT2D eigenvalue weighted by Crippen LogP contribution is 2.23. The second kappa shape index (κ2) is 9.48. The van der Waals surface area contributed by atoms with Crippen LogP contribution in [0.1, 0.15) is 42.6 Å². The van der Waals surface area contributed by atoms with Crippen molar-refractivity contribution >= 4 is 27.6 Å². The molecule has 8 heteroatoms. The maximum atomic E-state index is 12.1. The fourth-order valence-electron chi connectivity index (χ4n) is 2.56. The number of rotatable bonds is 8. The number of esters is 1. The quantitative estimate of drug-likeness (QED) is 0.659. The molecule has 150 valence electrons. The summed E-state index contributed by atoms with van der Waals surface area (Å²) in [6.45, 7) is 5.54. The minimum Gasteiger partial charge on any atom is -0.452 e. The summed E-state index contributed by atoms with van der Waals surface area (Å²) in [7, 11) is -3.59. The molecule has 2 aromatic rings. The molecule has 0 bridgehead atoms. The normalized spacial score (nSPS) is 11.3. The minimum atomic E-state index is -3.59. The second-order valence-corrected chi connectivity index (χ2v) is 8.16. The largest absolute Gasteiger partial charge is 0.452 e. The van der Waals surface area contributed by atoms with Crippen LogP contribution in [-0.2, 0) is 19.6 Å². The zero-order chi connectivity index (χ0) is 20.7. The van der Waals surface area contributed by atoms with Gasteiger partial charge in [-0.3, -0.25) is 4.79 Å². The zero-order valence-electron chi connectivity index (χ0n) is 16.1. The molecular formula is C20H24N2O5S. The van der Waals surface area contributed by atoms with Gasteiger partial charge < -0.3 is 10.1 Å². The maximum Gasteiger partial charge on any atom is 0.338 e. The summed E-state index contributed by atoms with van der Waals surface area (Å²) in [5.74, 6) is -0.927. The van der Waals surface area contributed by atoms with Crippen LogP contribution in [0.4, 0.5) is 5.69 Å². The number of anilines is 1. The number of benzene rings is 2. The van der Waals surface area contributed by atoms with E-state index < -0.39 is 28.5 Å². The molecule has 0 saturated carbocycles. The molecule has 0 radical (unpaired) electrons. The molecule has 0 spiro atoms. The van der Waals surface area contributed by atoms with Gasteiger partial charge >= 0.3 is 5.97 Å². The Hall–Kier alpha value is -2.71. The van der Waals surface area contributed by atoms with Crippen LogP contribution in [0.25, 0.3) is 0 Å². The molecule has 2 aromatic carbocycles. The van der Waals surface area contributed by atoms with Crippen molar-refractivity contribution in [1.82, 2.24) is 4.72 Å². The van der Waals surface area contributed by atoms with Crippen molar-refractivity contribution < 1.29 is 22.7 Å². The number of ether oxygens (including phenoxy) is 1. The third-order valence-electron chi connectivity index (χ3n) is 3.93. The van der Waals surface area contributed by atoms with Crippen LogP contribution in [-0.4, -0.2) is 33.4 Å².